The van der Waals surface area contributed by atoms with E-state index in [2.05, 4.69) is 5.10 Å². The molecule has 0 amide bonds. The highest BCUT2D eigenvalue weighted by atomic mass is 16.4. The third-order valence-electron chi connectivity index (χ3n) is 2.17. The maximum Gasteiger partial charge on any atom is 0.379 e. The number of ketones is 1. The summed E-state index contributed by atoms with van der Waals surface area (Å²) >= 11 is 0. The van der Waals surface area contributed by atoms with E-state index in [0.717, 1.165) is 5.52 Å². The monoisotopic (exact) mass is 204 g/mol. The van der Waals surface area contributed by atoms with Gasteiger partial charge in [0.1, 0.15) is 5.69 Å². The highest BCUT2D eigenvalue weighted by Crippen LogP contribution is 2.17. The van der Waals surface area contributed by atoms with Crippen molar-refractivity contribution >= 4 is 22.7 Å². The number of aromatic nitrogens is 2. The number of carbonyl (C=O) groups is 2. The van der Waals surface area contributed by atoms with Crippen molar-refractivity contribution < 1.29 is 14.7 Å². The number of carboxylic acids is 1. The molecule has 0 fully saturated rings. The maximum atomic E-state index is 11.3. The maximum absolute atomic E-state index is 11.3. The van der Waals surface area contributed by atoms with Crippen LogP contribution in [0.2, 0.25) is 0 Å². The second-order valence-electron chi connectivity index (χ2n) is 3.12. The molecule has 0 unspecified atom stereocenters. The molecule has 76 valence electrons. The molecule has 0 bridgehead atoms. The fourth-order valence-electron chi connectivity index (χ4n) is 1.48. The molecule has 1 N–H and O–H groups in total. The Bertz CT molecular complexity index is 557. The van der Waals surface area contributed by atoms with E-state index in [-0.39, 0.29) is 5.69 Å². The number of rotatable bonds is 2. The van der Waals surface area contributed by atoms with Gasteiger partial charge in [0.15, 0.2) is 0 Å². The fourth-order valence-corrected chi connectivity index (χ4v) is 1.48. The van der Waals surface area contributed by atoms with Crippen molar-refractivity contribution in [3.63, 3.8) is 0 Å². The second-order valence-corrected chi connectivity index (χ2v) is 3.12. The lowest BCUT2D eigenvalue weighted by atomic mass is 10.1. The van der Waals surface area contributed by atoms with Gasteiger partial charge in [-0.2, -0.15) is 5.10 Å². The van der Waals surface area contributed by atoms with Crippen LogP contribution in [0.1, 0.15) is 10.5 Å². The summed E-state index contributed by atoms with van der Waals surface area (Å²) in [5.41, 5.74) is 0.725. The molecule has 2 aromatic rings. The molecule has 1 heterocycles. The Morgan fingerprint density at radius 1 is 1.33 bits per heavy atom. The lowest BCUT2D eigenvalue weighted by Gasteiger charge is -1.90. The van der Waals surface area contributed by atoms with Gasteiger partial charge in [-0.05, 0) is 6.07 Å². The average Bonchev–Trinajstić information content (AvgIpc) is 2.56. The number of para-hydroxylation sites is 1. The molecule has 0 aliphatic heterocycles. The molecule has 5 heteroatoms. The van der Waals surface area contributed by atoms with Crippen LogP contribution in [0.15, 0.2) is 24.3 Å². The van der Waals surface area contributed by atoms with E-state index in [0.29, 0.717) is 5.39 Å². The Morgan fingerprint density at radius 3 is 2.67 bits per heavy atom. The van der Waals surface area contributed by atoms with Crippen LogP contribution >= 0.6 is 0 Å². The van der Waals surface area contributed by atoms with E-state index in [9.17, 15) is 9.59 Å². The van der Waals surface area contributed by atoms with E-state index in [1.165, 1.54) is 4.68 Å². The summed E-state index contributed by atoms with van der Waals surface area (Å²) < 4.78 is 1.49. The van der Waals surface area contributed by atoms with Gasteiger partial charge in [0.2, 0.25) is 0 Å². The van der Waals surface area contributed by atoms with E-state index in [1.807, 2.05) is 0 Å². The summed E-state index contributed by atoms with van der Waals surface area (Å²) in [4.78, 5) is 21.9. The zero-order valence-electron chi connectivity index (χ0n) is 7.97. The first-order valence-electron chi connectivity index (χ1n) is 4.30. The van der Waals surface area contributed by atoms with Gasteiger partial charge in [-0.3, -0.25) is 9.48 Å². The van der Waals surface area contributed by atoms with Crippen LogP contribution in [0.4, 0.5) is 0 Å². The molecule has 1 aromatic carbocycles. The van der Waals surface area contributed by atoms with Gasteiger partial charge in [0.25, 0.3) is 5.78 Å². The first-order chi connectivity index (χ1) is 7.11. The molecule has 0 spiro atoms. The van der Waals surface area contributed by atoms with E-state index >= 15 is 0 Å². The smallest absolute Gasteiger partial charge is 0.379 e. The standard InChI is InChI=1S/C10H8N2O3/c1-12-7-5-3-2-4-6(7)8(11-12)9(13)10(14)15/h2-5H,1H3,(H,14,15). The van der Waals surface area contributed by atoms with Crippen molar-refractivity contribution in [1.29, 1.82) is 0 Å². The lowest BCUT2D eigenvalue weighted by molar-refractivity contribution is -0.131. The third kappa shape index (κ3) is 1.38. The SMILES string of the molecule is Cn1nc(C(=O)C(=O)O)c2ccccc21. The molecule has 0 aliphatic carbocycles. The molecule has 0 aliphatic rings. The van der Waals surface area contributed by atoms with Crippen molar-refractivity contribution in [3.05, 3.63) is 30.0 Å². The lowest BCUT2D eigenvalue weighted by Crippen LogP contribution is -2.13. The van der Waals surface area contributed by atoms with E-state index < -0.39 is 11.8 Å². The summed E-state index contributed by atoms with van der Waals surface area (Å²) in [7, 11) is 1.67. The first kappa shape index (κ1) is 9.39. The number of benzene rings is 1. The molecule has 0 atom stereocenters. The Kier molecular flexibility index (Phi) is 2.00. The molecule has 0 radical (unpaired) electrons. The minimum Gasteiger partial charge on any atom is -0.475 e. The summed E-state index contributed by atoms with van der Waals surface area (Å²) in [6.45, 7) is 0. The number of nitrogens with zero attached hydrogens (tertiary/aromatic N) is 2. The number of hydrogen-bond donors (Lipinski definition) is 1. The Morgan fingerprint density at radius 2 is 2.00 bits per heavy atom. The van der Waals surface area contributed by atoms with Crippen LogP contribution in [0.25, 0.3) is 10.9 Å². The molecule has 1 aromatic heterocycles. The number of fused-ring (bicyclic) bond motifs is 1. The normalized spacial score (nSPS) is 10.5. The predicted molar refractivity (Wildman–Crippen MR) is 52.7 cm³/mol. The van der Waals surface area contributed by atoms with Gasteiger partial charge in [-0.25, -0.2) is 4.79 Å². The zero-order valence-corrected chi connectivity index (χ0v) is 7.97. The van der Waals surface area contributed by atoms with Crippen molar-refractivity contribution in [3.8, 4) is 0 Å². The predicted octanol–water partition coefficient (Wildman–Crippen LogP) is 0.841. The molecular formula is C10H8N2O3. The topological polar surface area (TPSA) is 72.2 Å². The highest BCUT2D eigenvalue weighted by molar-refractivity contribution is 6.41. The van der Waals surface area contributed by atoms with Crippen molar-refractivity contribution in [2.45, 2.75) is 0 Å². The summed E-state index contributed by atoms with van der Waals surface area (Å²) in [6, 6.07) is 7.00. The summed E-state index contributed by atoms with van der Waals surface area (Å²) in [5.74, 6) is -2.47. The molecule has 0 saturated carbocycles. The van der Waals surface area contributed by atoms with E-state index in [1.54, 1.807) is 31.3 Å². The minimum absolute atomic E-state index is 0.0133. The van der Waals surface area contributed by atoms with Crippen LogP contribution in [0, 0.1) is 0 Å². The molecule has 2 rings (SSSR count). The first-order valence-corrected chi connectivity index (χ1v) is 4.30. The van der Waals surface area contributed by atoms with Gasteiger partial charge >= 0.3 is 5.97 Å². The summed E-state index contributed by atoms with van der Waals surface area (Å²) in [6.07, 6.45) is 0. The van der Waals surface area contributed by atoms with Crippen molar-refractivity contribution in [2.24, 2.45) is 7.05 Å². The quantitative estimate of drug-likeness (QED) is 0.581. The molecular weight excluding hydrogens is 196 g/mol. The second kappa shape index (κ2) is 3.20. The van der Waals surface area contributed by atoms with Gasteiger partial charge in [0, 0.05) is 12.4 Å². The number of aryl methyl sites for hydroxylation is 1. The Labute approximate surface area is 84.9 Å². The van der Waals surface area contributed by atoms with Crippen molar-refractivity contribution in [1.82, 2.24) is 9.78 Å². The van der Waals surface area contributed by atoms with Crippen LogP contribution in [0.3, 0.4) is 0 Å². The number of carboxylic acid groups (broad SMARTS) is 1. The fraction of sp³-hybridized carbons (Fsp3) is 0.100. The van der Waals surface area contributed by atoms with Crippen molar-refractivity contribution in [2.75, 3.05) is 0 Å². The molecule has 15 heavy (non-hydrogen) atoms. The van der Waals surface area contributed by atoms with Crippen LogP contribution in [-0.2, 0) is 11.8 Å². The highest BCUT2D eigenvalue weighted by Gasteiger charge is 2.21. The average molecular weight is 204 g/mol. The molecule has 5 nitrogen and oxygen atoms in total. The Balaban J connectivity index is 2.72. The van der Waals surface area contributed by atoms with Crippen LogP contribution in [0.5, 0.6) is 0 Å². The van der Waals surface area contributed by atoms with Crippen LogP contribution < -0.4 is 0 Å². The Hall–Kier alpha value is -2.17. The number of aliphatic carboxylic acids is 1. The largest absolute Gasteiger partial charge is 0.475 e. The van der Waals surface area contributed by atoms with Gasteiger partial charge in [-0.15, -0.1) is 0 Å². The minimum atomic E-state index is -1.49. The summed E-state index contributed by atoms with van der Waals surface area (Å²) in [5, 5.41) is 13.1. The number of hydrogen-bond acceptors (Lipinski definition) is 3. The van der Waals surface area contributed by atoms with Gasteiger partial charge in [0.05, 0.1) is 5.52 Å². The number of Topliss-reactive ketones (excluding diaryl/α,β-unsaturated/α-hetero) is 1. The van der Waals surface area contributed by atoms with Gasteiger partial charge < -0.3 is 5.11 Å². The van der Waals surface area contributed by atoms with Crippen LogP contribution in [-0.4, -0.2) is 26.6 Å². The van der Waals surface area contributed by atoms with Gasteiger partial charge in [-0.1, -0.05) is 18.2 Å². The third-order valence-corrected chi connectivity index (χ3v) is 2.17. The molecule has 0 saturated heterocycles. The zero-order chi connectivity index (χ0) is 11.0. The van der Waals surface area contributed by atoms with E-state index in [4.69, 9.17) is 5.11 Å². The number of carbonyl (C=O) groups excluding carboxylic acids is 1.